The molecule has 2 atom stereocenters. The molecule has 1 aliphatic rings. The maximum absolute atomic E-state index is 11.0. The summed E-state index contributed by atoms with van der Waals surface area (Å²) in [7, 11) is 1.80. The van der Waals surface area contributed by atoms with Crippen LogP contribution >= 0.6 is 0 Å². The number of rotatable bonds is 2. The number of imidazole rings is 1. The number of hydrogen-bond donors (Lipinski definition) is 1. The van der Waals surface area contributed by atoms with E-state index in [9.17, 15) is 10.1 Å². The molecule has 2 unspecified atom stereocenters. The molecule has 0 amide bonds. The van der Waals surface area contributed by atoms with E-state index in [0.29, 0.717) is 24.1 Å². The van der Waals surface area contributed by atoms with Gasteiger partial charge >= 0.3 is 5.82 Å². The number of aryl methyl sites for hydroxylation is 1. The van der Waals surface area contributed by atoms with Gasteiger partial charge in [0.1, 0.15) is 0 Å². The second-order valence-electron chi connectivity index (χ2n) is 5.00. The first-order valence-corrected chi connectivity index (χ1v) is 6.10. The van der Waals surface area contributed by atoms with Crippen molar-refractivity contribution in [2.75, 3.05) is 18.0 Å². The number of nitro groups is 1. The van der Waals surface area contributed by atoms with Crippen LogP contribution in [0.15, 0.2) is 0 Å². The molecule has 18 heavy (non-hydrogen) atoms. The first-order valence-electron chi connectivity index (χ1n) is 6.10. The molecule has 1 aromatic heterocycles. The highest BCUT2D eigenvalue weighted by Crippen LogP contribution is 2.30. The lowest BCUT2D eigenvalue weighted by Gasteiger charge is -2.35. The highest BCUT2D eigenvalue weighted by Gasteiger charge is 2.32. The van der Waals surface area contributed by atoms with Crippen molar-refractivity contribution < 1.29 is 4.92 Å². The van der Waals surface area contributed by atoms with Crippen molar-refractivity contribution >= 4 is 11.6 Å². The monoisotopic (exact) mass is 253 g/mol. The fourth-order valence-electron chi connectivity index (χ4n) is 2.35. The average Bonchev–Trinajstić information content (AvgIpc) is 2.60. The summed E-state index contributed by atoms with van der Waals surface area (Å²) in [5.74, 6) is 1.59. The minimum Gasteiger partial charge on any atom is -0.358 e. The Kier molecular flexibility index (Phi) is 3.25. The van der Waals surface area contributed by atoms with Gasteiger partial charge < -0.3 is 20.7 Å². The molecule has 1 aromatic rings. The van der Waals surface area contributed by atoms with Gasteiger partial charge in [-0.2, -0.15) is 0 Å². The molecule has 0 radical (unpaired) electrons. The highest BCUT2D eigenvalue weighted by atomic mass is 16.6. The van der Waals surface area contributed by atoms with Crippen molar-refractivity contribution in [2.24, 2.45) is 18.7 Å². The Morgan fingerprint density at radius 2 is 2.22 bits per heavy atom. The first kappa shape index (κ1) is 12.8. The van der Waals surface area contributed by atoms with Crippen LogP contribution in [0.3, 0.4) is 0 Å². The van der Waals surface area contributed by atoms with Crippen molar-refractivity contribution in [1.29, 1.82) is 0 Å². The van der Waals surface area contributed by atoms with Crippen LogP contribution in [0.2, 0.25) is 0 Å². The Bertz CT molecular complexity index is 470. The smallest absolute Gasteiger partial charge is 0.358 e. The third-order valence-electron chi connectivity index (χ3n) is 3.76. The molecule has 0 spiro atoms. The van der Waals surface area contributed by atoms with Gasteiger partial charge in [0.15, 0.2) is 0 Å². The SMILES string of the molecule is Cc1nc([N+](=O)[O-])c(N2CCC(C)C(N)C2)n1C. The van der Waals surface area contributed by atoms with E-state index in [4.69, 9.17) is 5.73 Å². The second kappa shape index (κ2) is 4.56. The number of anilines is 1. The molecule has 1 fully saturated rings. The molecular formula is C11H19N5O2. The molecule has 100 valence electrons. The zero-order valence-electron chi connectivity index (χ0n) is 11.0. The van der Waals surface area contributed by atoms with E-state index in [2.05, 4.69) is 11.9 Å². The van der Waals surface area contributed by atoms with Gasteiger partial charge in [0.25, 0.3) is 0 Å². The molecule has 0 aromatic carbocycles. The van der Waals surface area contributed by atoms with Crippen LogP contribution in [-0.2, 0) is 7.05 Å². The molecule has 7 nitrogen and oxygen atoms in total. The van der Waals surface area contributed by atoms with E-state index in [0.717, 1.165) is 13.0 Å². The zero-order valence-corrected chi connectivity index (χ0v) is 11.0. The Morgan fingerprint density at radius 1 is 1.56 bits per heavy atom. The van der Waals surface area contributed by atoms with Gasteiger partial charge in [0.2, 0.25) is 11.6 Å². The van der Waals surface area contributed by atoms with Gasteiger partial charge in [-0.3, -0.25) is 4.57 Å². The van der Waals surface area contributed by atoms with Gasteiger partial charge in [0.05, 0.1) is 0 Å². The number of hydrogen-bond acceptors (Lipinski definition) is 5. The third kappa shape index (κ3) is 2.05. The van der Waals surface area contributed by atoms with Crippen molar-refractivity contribution in [3.05, 3.63) is 15.9 Å². The lowest BCUT2D eigenvalue weighted by atomic mass is 9.94. The maximum Gasteiger partial charge on any atom is 0.406 e. The summed E-state index contributed by atoms with van der Waals surface area (Å²) < 4.78 is 1.76. The van der Waals surface area contributed by atoms with Gasteiger partial charge in [-0.25, -0.2) is 0 Å². The van der Waals surface area contributed by atoms with Crippen LogP contribution < -0.4 is 10.6 Å². The van der Waals surface area contributed by atoms with Gasteiger partial charge in [-0.05, 0) is 22.2 Å². The van der Waals surface area contributed by atoms with Crippen LogP contribution in [0, 0.1) is 23.0 Å². The Morgan fingerprint density at radius 3 is 2.78 bits per heavy atom. The minimum atomic E-state index is -0.425. The summed E-state index contributed by atoms with van der Waals surface area (Å²) in [6, 6.07) is 0.0496. The van der Waals surface area contributed by atoms with Gasteiger partial charge in [-0.15, -0.1) is 0 Å². The lowest BCUT2D eigenvalue weighted by Crippen LogP contribution is -2.48. The summed E-state index contributed by atoms with van der Waals surface area (Å²) >= 11 is 0. The summed E-state index contributed by atoms with van der Waals surface area (Å²) in [5, 5.41) is 11.0. The third-order valence-corrected chi connectivity index (χ3v) is 3.76. The quantitative estimate of drug-likeness (QED) is 0.622. The Labute approximate surface area is 106 Å². The summed E-state index contributed by atoms with van der Waals surface area (Å²) in [4.78, 5) is 16.6. The molecule has 2 N–H and O–H groups in total. The number of nitrogens with zero attached hydrogens (tertiary/aromatic N) is 4. The molecule has 7 heteroatoms. The fourth-order valence-corrected chi connectivity index (χ4v) is 2.35. The Balaban J connectivity index is 2.36. The predicted molar refractivity (Wildman–Crippen MR) is 68.6 cm³/mol. The molecule has 0 aliphatic carbocycles. The zero-order chi connectivity index (χ0) is 13.4. The molecule has 0 saturated carbocycles. The number of piperidine rings is 1. The van der Waals surface area contributed by atoms with Gasteiger partial charge in [-0.1, -0.05) is 6.92 Å². The molecule has 1 aliphatic heterocycles. The van der Waals surface area contributed by atoms with E-state index in [-0.39, 0.29) is 11.9 Å². The average molecular weight is 253 g/mol. The summed E-state index contributed by atoms with van der Waals surface area (Å²) in [6.45, 7) is 5.31. The Hall–Kier alpha value is -1.63. The van der Waals surface area contributed by atoms with Crippen LogP contribution in [0.25, 0.3) is 0 Å². The van der Waals surface area contributed by atoms with E-state index in [1.165, 1.54) is 0 Å². The van der Waals surface area contributed by atoms with Gasteiger partial charge in [0, 0.05) is 33.1 Å². The molecule has 1 saturated heterocycles. The van der Waals surface area contributed by atoms with Crippen molar-refractivity contribution in [3.63, 3.8) is 0 Å². The number of nitrogens with two attached hydrogens (primary N) is 1. The van der Waals surface area contributed by atoms with Crippen LogP contribution in [0.1, 0.15) is 19.2 Å². The van der Waals surface area contributed by atoms with E-state index in [1.54, 1.807) is 18.5 Å². The number of aromatic nitrogens is 2. The molecular weight excluding hydrogens is 234 g/mol. The normalized spacial score (nSPS) is 24.3. The van der Waals surface area contributed by atoms with Crippen molar-refractivity contribution in [2.45, 2.75) is 26.3 Å². The van der Waals surface area contributed by atoms with E-state index < -0.39 is 4.92 Å². The second-order valence-corrected chi connectivity index (χ2v) is 5.00. The highest BCUT2D eigenvalue weighted by molar-refractivity contribution is 5.56. The van der Waals surface area contributed by atoms with Crippen molar-refractivity contribution in [3.8, 4) is 0 Å². The predicted octanol–water partition coefficient (Wildman–Crippen LogP) is 0.810. The maximum atomic E-state index is 11.0. The molecule has 2 heterocycles. The minimum absolute atomic E-state index is 0.0496. The molecule has 2 rings (SSSR count). The first-order chi connectivity index (χ1) is 8.41. The lowest BCUT2D eigenvalue weighted by molar-refractivity contribution is -0.388. The van der Waals surface area contributed by atoms with Crippen LogP contribution in [-0.4, -0.2) is 33.6 Å². The van der Waals surface area contributed by atoms with E-state index >= 15 is 0 Å². The van der Waals surface area contributed by atoms with Crippen LogP contribution in [0.5, 0.6) is 0 Å². The fraction of sp³-hybridized carbons (Fsp3) is 0.727. The topological polar surface area (TPSA) is 90.2 Å². The largest absolute Gasteiger partial charge is 0.406 e. The molecule has 0 bridgehead atoms. The summed E-state index contributed by atoms with van der Waals surface area (Å²) in [6.07, 6.45) is 0.947. The standard InChI is InChI=1S/C11H19N5O2/c1-7-4-5-15(6-9(7)12)11-10(16(17)18)13-8(2)14(11)3/h7,9H,4-6,12H2,1-3H3. The summed E-state index contributed by atoms with van der Waals surface area (Å²) in [5.41, 5.74) is 6.05. The van der Waals surface area contributed by atoms with E-state index in [1.807, 2.05) is 4.90 Å². The van der Waals surface area contributed by atoms with Crippen LogP contribution in [0.4, 0.5) is 11.6 Å². The van der Waals surface area contributed by atoms with Crippen molar-refractivity contribution in [1.82, 2.24) is 9.55 Å².